The number of ether oxygens (including phenoxy) is 2. The molecule has 3 N–H and O–H groups in total. The normalized spacial score (nSPS) is 16.9. The molecular weight excluding hydrogens is 260 g/mol. The minimum Gasteiger partial charge on any atom is -0.495 e. The van der Waals surface area contributed by atoms with E-state index >= 15 is 0 Å². The summed E-state index contributed by atoms with van der Waals surface area (Å²) in [6, 6.07) is 5.84. The third kappa shape index (κ3) is 3.75. The molecule has 1 aliphatic heterocycles. The predicted octanol–water partition coefficient (Wildman–Crippen LogP) is 0.297. The highest BCUT2D eigenvalue weighted by molar-refractivity contribution is 5.65. The van der Waals surface area contributed by atoms with Gasteiger partial charge in [-0.05, 0) is 12.1 Å². The molecule has 1 atom stereocenters. The van der Waals surface area contributed by atoms with Gasteiger partial charge in [0.2, 0.25) is 0 Å². The fraction of sp³-hybridized carbons (Fsp3) is 0.571. The number of nitrogens with one attached hydrogen (secondary N) is 1. The van der Waals surface area contributed by atoms with E-state index in [1.807, 2.05) is 18.2 Å². The van der Waals surface area contributed by atoms with Gasteiger partial charge in [0.05, 0.1) is 38.7 Å². The molecule has 6 heteroatoms. The number of aliphatic hydroxyl groups is 2. The van der Waals surface area contributed by atoms with Crippen LogP contribution in [0.1, 0.15) is 0 Å². The lowest BCUT2D eigenvalue weighted by Gasteiger charge is -2.30. The second-order valence-corrected chi connectivity index (χ2v) is 4.70. The van der Waals surface area contributed by atoms with E-state index in [4.69, 9.17) is 14.6 Å². The molecule has 1 unspecified atom stereocenters. The third-order valence-corrected chi connectivity index (χ3v) is 3.28. The summed E-state index contributed by atoms with van der Waals surface area (Å²) in [5.74, 6) is 0.787. The summed E-state index contributed by atoms with van der Waals surface area (Å²) in [7, 11) is 1.64. The van der Waals surface area contributed by atoms with Crippen LogP contribution in [0.4, 0.5) is 11.4 Å². The van der Waals surface area contributed by atoms with Gasteiger partial charge in [0.25, 0.3) is 0 Å². The minimum absolute atomic E-state index is 0.254. The lowest BCUT2D eigenvalue weighted by Crippen LogP contribution is -2.36. The lowest BCUT2D eigenvalue weighted by atomic mass is 10.2. The van der Waals surface area contributed by atoms with Gasteiger partial charge in [0, 0.05) is 31.4 Å². The van der Waals surface area contributed by atoms with Crippen LogP contribution in [-0.4, -0.2) is 62.9 Å². The predicted molar refractivity (Wildman–Crippen MR) is 77.6 cm³/mol. The average molecular weight is 282 g/mol. The van der Waals surface area contributed by atoms with Crippen LogP contribution in [0.15, 0.2) is 18.2 Å². The van der Waals surface area contributed by atoms with Crippen molar-refractivity contribution in [2.45, 2.75) is 6.10 Å². The van der Waals surface area contributed by atoms with Crippen molar-refractivity contribution in [1.82, 2.24) is 0 Å². The Labute approximate surface area is 118 Å². The van der Waals surface area contributed by atoms with Crippen LogP contribution in [0, 0.1) is 0 Å². The molecule has 1 aromatic carbocycles. The molecule has 112 valence electrons. The van der Waals surface area contributed by atoms with E-state index in [1.165, 1.54) is 0 Å². The average Bonchev–Trinajstić information content (AvgIpc) is 2.53. The van der Waals surface area contributed by atoms with E-state index in [2.05, 4.69) is 10.2 Å². The van der Waals surface area contributed by atoms with Crippen LogP contribution in [-0.2, 0) is 4.74 Å². The fourth-order valence-corrected chi connectivity index (χ4v) is 2.15. The zero-order valence-corrected chi connectivity index (χ0v) is 11.7. The van der Waals surface area contributed by atoms with Crippen LogP contribution in [0.2, 0.25) is 0 Å². The van der Waals surface area contributed by atoms with Crippen molar-refractivity contribution < 1.29 is 19.7 Å². The molecule has 0 amide bonds. The summed E-state index contributed by atoms with van der Waals surface area (Å²) >= 11 is 0. The molecule has 20 heavy (non-hydrogen) atoms. The molecule has 6 nitrogen and oxygen atoms in total. The van der Waals surface area contributed by atoms with Gasteiger partial charge in [-0.2, -0.15) is 0 Å². The van der Waals surface area contributed by atoms with E-state index in [0.717, 1.165) is 43.4 Å². The minimum atomic E-state index is -0.764. The molecule has 0 radical (unpaired) electrons. The van der Waals surface area contributed by atoms with Gasteiger partial charge in [0.15, 0.2) is 0 Å². The summed E-state index contributed by atoms with van der Waals surface area (Å²) in [5, 5.41) is 21.2. The number of rotatable bonds is 6. The van der Waals surface area contributed by atoms with Gasteiger partial charge in [-0.1, -0.05) is 0 Å². The number of anilines is 2. The molecule has 0 aliphatic carbocycles. The lowest BCUT2D eigenvalue weighted by molar-refractivity contribution is 0.105. The van der Waals surface area contributed by atoms with Gasteiger partial charge in [0.1, 0.15) is 5.75 Å². The Balaban J connectivity index is 2.06. The van der Waals surface area contributed by atoms with Gasteiger partial charge >= 0.3 is 0 Å². The Morgan fingerprint density at radius 3 is 2.80 bits per heavy atom. The van der Waals surface area contributed by atoms with Crippen LogP contribution in [0.5, 0.6) is 5.75 Å². The van der Waals surface area contributed by atoms with Crippen LogP contribution in [0.25, 0.3) is 0 Å². The van der Waals surface area contributed by atoms with Crippen LogP contribution >= 0.6 is 0 Å². The van der Waals surface area contributed by atoms with Crippen molar-refractivity contribution in [3.63, 3.8) is 0 Å². The standard InChI is InChI=1S/C14H22N2O4/c1-19-14-8-11(15-9-12(18)10-17)2-3-13(14)16-4-6-20-7-5-16/h2-3,8,12,15,17-18H,4-7,9-10H2,1H3. The maximum atomic E-state index is 9.34. The third-order valence-electron chi connectivity index (χ3n) is 3.28. The van der Waals surface area contributed by atoms with Crippen LogP contribution in [0.3, 0.4) is 0 Å². The Morgan fingerprint density at radius 2 is 2.15 bits per heavy atom. The van der Waals surface area contributed by atoms with Gasteiger partial charge in [-0.3, -0.25) is 0 Å². The van der Waals surface area contributed by atoms with Crippen molar-refractivity contribution in [3.8, 4) is 5.75 Å². The number of morpholine rings is 1. The topological polar surface area (TPSA) is 74.2 Å². The molecule has 2 rings (SSSR count). The maximum absolute atomic E-state index is 9.34. The second-order valence-electron chi connectivity index (χ2n) is 4.70. The van der Waals surface area contributed by atoms with Gasteiger partial charge in [-0.15, -0.1) is 0 Å². The maximum Gasteiger partial charge on any atom is 0.144 e. The zero-order valence-electron chi connectivity index (χ0n) is 11.7. The van der Waals surface area contributed by atoms with Crippen molar-refractivity contribution in [2.75, 3.05) is 56.8 Å². The molecular formula is C14H22N2O4. The second kappa shape index (κ2) is 7.33. The first-order chi connectivity index (χ1) is 9.74. The molecule has 1 saturated heterocycles. The summed E-state index contributed by atoms with van der Waals surface area (Å²) in [4.78, 5) is 2.23. The van der Waals surface area contributed by atoms with E-state index < -0.39 is 6.10 Å². The molecule has 0 bridgehead atoms. The van der Waals surface area contributed by atoms with Crippen molar-refractivity contribution >= 4 is 11.4 Å². The van der Waals surface area contributed by atoms with Crippen molar-refractivity contribution in [3.05, 3.63) is 18.2 Å². The molecule has 0 aromatic heterocycles. The monoisotopic (exact) mass is 282 g/mol. The van der Waals surface area contributed by atoms with Crippen LogP contribution < -0.4 is 15.0 Å². The molecule has 1 aliphatic rings. The first kappa shape index (κ1) is 14.9. The Hall–Kier alpha value is -1.50. The number of methoxy groups -OCH3 is 1. The Kier molecular flexibility index (Phi) is 5.46. The Bertz CT molecular complexity index is 422. The zero-order chi connectivity index (χ0) is 14.4. The first-order valence-corrected chi connectivity index (χ1v) is 6.78. The van der Waals surface area contributed by atoms with Gasteiger partial charge < -0.3 is 29.9 Å². The molecule has 1 fully saturated rings. The first-order valence-electron chi connectivity index (χ1n) is 6.78. The highest BCUT2D eigenvalue weighted by atomic mass is 16.5. The van der Waals surface area contributed by atoms with E-state index in [0.29, 0.717) is 6.54 Å². The number of aliphatic hydroxyl groups excluding tert-OH is 2. The smallest absolute Gasteiger partial charge is 0.144 e. The van der Waals surface area contributed by atoms with E-state index in [9.17, 15) is 5.11 Å². The van der Waals surface area contributed by atoms with Gasteiger partial charge in [-0.25, -0.2) is 0 Å². The summed E-state index contributed by atoms with van der Waals surface area (Å²) in [6.45, 7) is 3.21. The summed E-state index contributed by atoms with van der Waals surface area (Å²) in [6.07, 6.45) is -0.764. The highest BCUT2D eigenvalue weighted by Gasteiger charge is 2.15. The summed E-state index contributed by atoms with van der Waals surface area (Å²) < 4.78 is 10.8. The number of hydrogen-bond donors (Lipinski definition) is 3. The van der Waals surface area contributed by atoms with E-state index in [1.54, 1.807) is 7.11 Å². The number of benzene rings is 1. The van der Waals surface area contributed by atoms with Crippen molar-refractivity contribution in [2.24, 2.45) is 0 Å². The number of nitrogens with zero attached hydrogens (tertiary/aromatic N) is 1. The Morgan fingerprint density at radius 1 is 1.40 bits per heavy atom. The summed E-state index contributed by atoms with van der Waals surface area (Å²) in [5.41, 5.74) is 1.90. The number of hydrogen-bond acceptors (Lipinski definition) is 6. The van der Waals surface area contributed by atoms with E-state index in [-0.39, 0.29) is 6.61 Å². The molecule has 0 spiro atoms. The SMILES string of the molecule is COc1cc(NCC(O)CO)ccc1N1CCOCC1. The highest BCUT2D eigenvalue weighted by Crippen LogP contribution is 2.31. The molecule has 0 saturated carbocycles. The quantitative estimate of drug-likeness (QED) is 0.697. The molecule has 1 heterocycles. The fourth-order valence-electron chi connectivity index (χ4n) is 2.15. The van der Waals surface area contributed by atoms with Crippen molar-refractivity contribution in [1.29, 1.82) is 0 Å². The largest absolute Gasteiger partial charge is 0.495 e. The molecule has 1 aromatic rings.